The van der Waals surface area contributed by atoms with Crippen LogP contribution in [0.1, 0.15) is 11.1 Å². The van der Waals surface area contributed by atoms with Crippen LogP contribution in [0.15, 0.2) is 58.9 Å². The van der Waals surface area contributed by atoms with E-state index in [-0.39, 0.29) is 18.1 Å². The number of anilines is 1. The Morgan fingerprint density at radius 3 is 2.80 bits per heavy atom. The van der Waals surface area contributed by atoms with E-state index in [1.165, 1.54) is 6.07 Å². The predicted octanol–water partition coefficient (Wildman–Crippen LogP) is 3.72. The number of amidine groups is 1. The highest BCUT2D eigenvalue weighted by atomic mass is 32.2. The quantitative estimate of drug-likeness (QED) is 0.911. The van der Waals surface area contributed by atoms with Gasteiger partial charge in [0.25, 0.3) is 0 Å². The predicted molar refractivity (Wildman–Crippen MR) is 99.8 cm³/mol. The second-order valence-corrected chi connectivity index (χ2v) is 6.67. The molecule has 0 bridgehead atoms. The van der Waals surface area contributed by atoms with Gasteiger partial charge in [-0.1, -0.05) is 42.1 Å². The van der Waals surface area contributed by atoms with Gasteiger partial charge in [0.2, 0.25) is 5.91 Å². The Bertz CT molecular complexity index is 876. The number of hydrogen-bond acceptors (Lipinski definition) is 4. The van der Waals surface area contributed by atoms with Crippen LogP contribution >= 0.6 is 11.8 Å². The molecule has 2 aliphatic heterocycles. The Balaban J connectivity index is 1.42. The van der Waals surface area contributed by atoms with Gasteiger partial charge < -0.3 is 10.2 Å². The number of halogens is 1. The summed E-state index contributed by atoms with van der Waals surface area (Å²) in [5.74, 6) is -0.593. The van der Waals surface area contributed by atoms with Crippen LogP contribution in [-0.4, -0.2) is 29.1 Å². The molecule has 0 atom stereocenters. The number of nitrogens with one attached hydrogen (secondary N) is 1. The molecule has 2 aromatic rings. The summed E-state index contributed by atoms with van der Waals surface area (Å²) < 4.78 is 13.6. The fourth-order valence-electron chi connectivity index (χ4n) is 2.89. The Kier molecular flexibility index (Phi) is 4.28. The van der Waals surface area contributed by atoms with Crippen LogP contribution < -0.4 is 5.32 Å². The fourth-order valence-corrected chi connectivity index (χ4v) is 3.85. The molecule has 2 heterocycles. The monoisotopic (exact) mass is 353 g/mol. The van der Waals surface area contributed by atoms with Crippen LogP contribution in [0.2, 0.25) is 0 Å². The van der Waals surface area contributed by atoms with Crippen molar-refractivity contribution in [3.63, 3.8) is 0 Å². The van der Waals surface area contributed by atoms with Crippen molar-refractivity contribution >= 4 is 34.2 Å². The Labute approximate surface area is 149 Å². The lowest BCUT2D eigenvalue weighted by Crippen LogP contribution is -2.20. The zero-order chi connectivity index (χ0) is 17.2. The van der Waals surface area contributed by atoms with Gasteiger partial charge in [0.1, 0.15) is 5.82 Å². The molecule has 0 radical (unpaired) electrons. The SMILES string of the molecule is O=C(Cc1ccccc1F)Nc1ccc(C2=CSC3=NCCN23)cc1. The molecule has 0 spiro atoms. The number of fused-ring (bicyclic) bond motifs is 1. The third-order valence-electron chi connectivity index (χ3n) is 4.14. The summed E-state index contributed by atoms with van der Waals surface area (Å²) in [7, 11) is 0. The zero-order valence-corrected chi connectivity index (χ0v) is 14.2. The molecule has 2 aliphatic rings. The first-order valence-corrected chi connectivity index (χ1v) is 8.91. The lowest BCUT2D eigenvalue weighted by Gasteiger charge is -2.16. The molecule has 4 rings (SSSR count). The van der Waals surface area contributed by atoms with Crippen LogP contribution in [0.5, 0.6) is 0 Å². The molecule has 0 saturated carbocycles. The van der Waals surface area contributed by atoms with Crippen molar-refractivity contribution in [2.75, 3.05) is 18.4 Å². The van der Waals surface area contributed by atoms with Crippen LogP contribution in [0, 0.1) is 5.82 Å². The number of thioether (sulfide) groups is 1. The summed E-state index contributed by atoms with van der Waals surface area (Å²) in [6.45, 7) is 1.75. The molecule has 2 aromatic carbocycles. The number of rotatable bonds is 4. The second-order valence-electron chi connectivity index (χ2n) is 5.83. The summed E-state index contributed by atoms with van der Waals surface area (Å²) in [5, 5.41) is 5.97. The Morgan fingerprint density at radius 1 is 1.20 bits per heavy atom. The number of aliphatic imine (C=N–C) groups is 1. The van der Waals surface area contributed by atoms with E-state index >= 15 is 0 Å². The van der Waals surface area contributed by atoms with E-state index in [2.05, 4.69) is 20.6 Å². The van der Waals surface area contributed by atoms with Crippen molar-refractivity contribution in [3.8, 4) is 0 Å². The number of carbonyl (C=O) groups excluding carboxylic acids is 1. The minimum Gasteiger partial charge on any atom is -0.326 e. The molecule has 126 valence electrons. The van der Waals surface area contributed by atoms with Crippen molar-refractivity contribution < 1.29 is 9.18 Å². The summed E-state index contributed by atoms with van der Waals surface area (Å²) in [6.07, 6.45) is 0.0177. The Morgan fingerprint density at radius 2 is 2.00 bits per heavy atom. The number of hydrogen-bond donors (Lipinski definition) is 1. The lowest BCUT2D eigenvalue weighted by atomic mass is 10.1. The minimum absolute atomic E-state index is 0.0177. The van der Waals surface area contributed by atoms with E-state index in [4.69, 9.17) is 0 Å². The van der Waals surface area contributed by atoms with Gasteiger partial charge in [-0.3, -0.25) is 9.79 Å². The summed E-state index contributed by atoms with van der Waals surface area (Å²) in [6, 6.07) is 14.0. The zero-order valence-electron chi connectivity index (χ0n) is 13.4. The highest BCUT2D eigenvalue weighted by Crippen LogP contribution is 2.35. The lowest BCUT2D eigenvalue weighted by molar-refractivity contribution is -0.115. The third-order valence-corrected chi connectivity index (χ3v) is 5.04. The summed E-state index contributed by atoms with van der Waals surface area (Å²) in [5.41, 5.74) is 3.33. The van der Waals surface area contributed by atoms with Crippen LogP contribution in [0.4, 0.5) is 10.1 Å². The van der Waals surface area contributed by atoms with Gasteiger partial charge >= 0.3 is 0 Å². The molecule has 0 aromatic heterocycles. The standard InChI is InChI=1S/C19H16FN3OS/c20-16-4-2-1-3-14(16)11-18(24)22-15-7-5-13(6-8-15)17-12-25-19-21-9-10-23(17)19/h1-8,12H,9-11H2,(H,22,24). The molecular formula is C19H16FN3OS. The molecule has 6 heteroatoms. The van der Waals surface area contributed by atoms with Crippen molar-refractivity contribution in [2.45, 2.75) is 6.42 Å². The molecule has 1 N–H and O–H groups in total. The summed E-state index contributed by atoms with van der Waals surface area (Å²) in [4.78, 5) is 18.8. The molecule has 1 amide bonds. The van der Waals surface area contributed by atoms with Crippen molar-refractivity contribution in [1.29, 1.82) is 0 Å². The summed E-state index contributed by atoms with van der Waals surface area (Å²) >= 11 is 1.64. The maximum Gasteiger partial charge on any atom is 0.228 e. The maximum absolute atomic E-state index is 13.6. The van der Waals surface area contributed by atoms with Gasteiger partial charge in [0.05, 0.1) is 18.7 Å². The second kappa shape index (κ2) is 6.72. The maximum atomic E-state index is 13.6. The first-order valence-electron chi connectivity index (χ1n) is 8.03. The topological polar surface area (TPSA) is 44.7 Å². The van der Waals surface area contributed by atoms with Crippen molar-refractivity contribution in [1.82, 2.24) is 4.90 Å². The average molecular weight is 353 g/mol. The fraction of sp³-hybridized carbons (Fsp3) is 0.158. The van der Waals surface area contributed by atoms with Gasteiger partial charge in [-0.2, -0.15) is 0 Å². The number of nitrogens with zero attached hydrogens (tertiary/aromatic N) is 2. The third kappa shape index (κ3) is 3.30. The van der Waals surface area contributed by atoms with Gasteiger partial charge in [0.15, 0.2) is 5.17 Å². The molecule has 25 heavy (non-hydrogen) atoms. The van der Waals surface area contributed by atoms with Gasteiger partial charge in [-0.25, -0.2) is 4.39 Å². The molecule has 0 unspecified atom stereocenters. The highest BCUT2D eigenvalue weighted by molar-refractivity contribution is 8.16. The first-order chi connectivity index (χ1) is 12.2. The van der Waals surface area contributed by atoms with Crippen LogP contribution in [0.25, 0.3) is 5.70 Å². The van der Waals surface area contributed by atoms with E-state index in [0.29, 0.717) is 11.3 Å². The molecule has 0 fully saturated rings. The molecule has 4 nitrogen and oxygen atoms in total. The van der Waals surface area contributed by atoms with Gasteiger partial charge in [0, 0.05) is 17.6 Å². The number of carbonyl (C=O) groups is 1. The molecule has 0 aliphatic carbocycles. The van der Waals surface area contributed by atoms with Crippen molar-refractivity contribution in [2.24, 2.45) is 4.99 Å². The minimum atomic E-state index is -0.359. The highest BCUT2D eigenvalue weighted by Gasteiger charge is 2.26. The normalized spacial score (nSPS) is 15.6. The largest absolute Gasteiger partial charge is 0.326 e. The van der Waals surface area contributed by atoms with E-state index in [9.17, 15) is 9.18 Å². The van der Waals surface area contributed by atoms with E-state index in [1.54, 1.807) is 30.0 Å². The van der Waals surface area contributed by atoms with Crippen LogP contribution in [-0.2, 0) is 11.2 Å². The molecule has 0 saturated heterocycles. The van der Waals surface area contributed by atoms with Crippen molar-refractivity contribution in [3.05, 3.63) is 70.9 Å². The number of amides is 1. The average Bonchev–Trinajstić information content (AvgIpc) is 3.21. The van der Waals surface area contributed by atoms with Gasteiger partial charge in [-0.05, 0) is 29.3 Å². The van der Waals surface area contributed by atoms with Crippen LogP contribution in [0.3, 0.4) is 0 Å². The van der Waals surface area contributed by atoms with E-state index in [0.717, 1.165) is 29.5 Å². The van der Waals surface area contributed by atoms with Gasteiger partial charge in [-0.15, -0.1) is 0 Å². The smallest absolute Gasteiger partial charge is 0.228 e. The first kappa shape index (κ1) is 15.9. The van der Waals surface area contributed by atoms with E-state index in [1.807, 2.05) is 24.3 Å². The molecular weight excluding hydrogens is 337 g/mol. The number of benzene rings is 2. The van der Waals surface area contributed by atoms with E-state index < -0.39 is 0 Å². The Hall–Kier alpha value is -2.60.